The van der Waals surface area contributed by atoms with E-state index in [9.17, 15) is 9.18 Å². The highest BCUT2D eigenvalue weighted by atomic mass is 19.1. The van der Waals surface area contributed by atoms with Crippen molar-refractivity contribution in [3.05, 3.63) is 40.5 Å². The number of unbranched alkanes of at least 4 members (excludes halogenated alkanes) is 1. The molecular weight excluding hydrogens is 275 g/mol. The molecule has 0 saturated heterocycles. The van der Waals surface area contributed by atoms with E-state index in [4.69, 9.17) is 15.0 Å². The summed E-state index contributed by atoms with van der Waals surface area (Å²) < 4.78 is 24.7. The Kier molecular flexibility index (Phi) is 5.16. The number of rotatable bonds is 7. The van der Waals surface area contributed by atoms with Gasteiger partial charge in [0.1, 0.15) is 12.4 Å². The third kappa shape index (κ3) is 3.52. The molecule has 0 saturated carbocycles. The monoisotopic (exact) mass is 294 g/mol. The van der Waals surface area contributed by atoms with Gasteiger partial charge in [-0.15, -0.1) is 0 Å². The molecule has 0 spiro atoms. The predicted octanol–water partition coefficient (Wildman–Crippen LogP) is 2.59. The summed E-state index contributed by atoms with van der Waals surface area (Å²) in [6, 6.07) is 4.95. The predicted molar refractivity (Wildman–Crippen MR) is 79.1 cm³/mol. The Morgan fingerprint density at radius 1 is 1.52 bits per heavy atom. The van der Waals surface area contributed by atoms with E-state index in [1.807, 2.05) is 6.92 Å². The number of hydrogen-bond donors (Lipinski definition) is 1. The lowest BCUT2D eigenvalue weighted by atomic mass is 10.2. The minimum absolute atomic E-state index is 0.0687. The smallest absolute Gasteiger partial charge is 0.290 e. The summed E-state index contributed by atoms with van der Waals surface area (Å²) >= 11 is 0. The number of nitrogens with two attached hydrogens (primary N) is 1. The van der Waals surface area contributed by atoms with Crippen molar-refractivity contribution in [1.82, 2.24) is 4.74 Å². The van der Waals surface area contributed by atoms with Crippen LogP contribution < -0.4 is 16.0 Å². The normalized spacial score (nSPS) is 12.0. The van der Waals surface area contributed by atoms with E-state index in [1.165, 1.54) is 4.74 Å². The van der Waals surface area contributed by atoms with E-state index in [1.54, 1.807) is 18.2 Å². The standard InChI is InChI=1S/C15H19FN2O3/c1-2-3-6-18-15(19)13-5-4-12(7-14(13)21-18)20-10-11(8-16)9-17/h4-5,7-8H,2-3,6,9-10,17H2,1H3. The van der Waals surface area contributed by atoms with Crippen LogP contribution in [0, 0.1) is 0 Å². The molecule has 2 aromatic rings. The van der Waals surface area contributed by atoms with E-state index in [0.29, 0.717) is 35.2 Å². The van der Waals surface area contributed by atoms with Crippen molar-refractivity contribution in [1.29, 1.82) is 0 Å². The Hall–Kier alpha value is -2.08. The van der Waals surface area contributed by atoms with Crippen molar-refractivity contribution in [3.63, 3.8) is 0 Å². The van der Waals surface area contributed by atoms with Gasteiger partial charge in [0.15, 0.2) is 5.58 Å². The Labute approximate surface area is 121 Å². The number of halogens is 1. The van der Waals surface area contributed by atoms with Gasteiger partial charge in [-0.1, -0.05) is 13.3 Å². The summed E-state index contributed by atoms with van der Waals surface area (Å²) in [5.41, 5.74) is 6.04. The van der Waals surface area contributed by atoms with Gasteiger partial charge in [-0.25, -0.2) is 4.39 Å². The molecule has 1 aromatic heterocycles. The summed E-state index contributed by atoms with van der Waals surface area (Å²) in [5, 5.41) is 0.513. The first-order valence-corrected chi connectivity index (χ1v) is 6.94. The van der Waals surface area contributed by atoms with Crippen LogP contribution in [0.3, 0.4) is 0 Å². The summed E-state index contributed by atoms with van der Waals surface area (Å²) in [6.45, 7) is 2.77. The van der Waals surface area contributed by atoms with Crippen LogP contribution in [-0.2, 0) is 6.54 Å². The lowest BCUT2D eigenvalue weighted by Gasteiger charge is -2.06. The number of nitrogens with zero attached hydrogens (tertiary/aromatic N) is 1. The Morgan fingerprint density at radius 2 is 2.33 bits per heavy atom. The first-order chi connectivity index (χ1) is 10.2. The van der Waals surface area contributed by atoms with E-state index in [0.717, 1.165) is 12.8 Å². The first kappa shape index (κ1) is 15.3. The maximum absolute atomic E-state index is 12.4. The maximum Gasteiger partial charge on any atom is 0.290 e. The fourth-order valence-electron chi connectivity index (χ4n) is 1.90. The second-order valence-corrected chi connectivity index (χ2v) is 4.77. The van der Waals surface area contributed by atoms with Crippen molar-refractivity contribution in [2.45, 2.75) is 26.3 Å². The Bertz CT molecular complexity index is 688. The zero-order chi connectivity index (χ0) is 15.2. The van der Waals surface area contributed by atoms with Gasteiger partial charge in [0, 0.05) is 18.2 Å². The fraction of sp³-hybridized carbons (Fsp3) is 0.400. The van der Waals surface area contributed by atoms with Gasteiger partial charge < -0.3 is 15.0 Å². The molecule has 0 amide bonds. The SMILES string of the molecule is CCCCn1oc2cc(OCC(=CF)CN)ccc2c1=O. The number of ether oxygens (including phenoxy) is 1. The molecule has 0 unspecified atom stereocenters. The molecule has 6 heteroatoms. The van der Waals surface area contributed by atoms with Crippen LogP contribution in [0.15, 0.2) is 39.4 Å². The maximum atomic E-state index is 12.4. The molecule has 1 aromatic carbocycles. The van der Waals surface area contributed by atoms with Crippen LogP contribution in [0.1, 0.15) is 19.8 Å². The number of benzene rings is 1. The molecule has 0 bridgehead atoms. The summed E-state index contributed by atoms with van der Waals surface area (Å²) in [4.78, 5) is 12.1. The van der Waals surface area contributed by atoms with Gasteiger partial charge in [0.05, 0.1) is 18.3 Å². The fourth-order valence-corrected chi connectivity index (χ4v) is 1.90. The zero-order valence-corrected chi connectivity index (χ0v) is 12.0. The first-order valence-electron chi connectivity index (χ1n) is 6.94. The average molecular weight is 294 g/mol. The Balaban J connectivity index is 2.19. The molecule has 5 nitrogen and oxygen atoms in total. The molecule has 0 aliphatic rings. The van der Waals surface area contributed by atoms with Crippen LogP contribution in [0.2, 0.25) is 0 Å². The van der Waals surface area contributed by atoms with Gasteiger partial charge >= 0.3 is 0 Å². The minimum Gasteiger partial charge on any atom is -0.489 e. The van der Waals surface area contributed by atoms with Gasteiger partial charge in [-0.3, -0.25) is 4.79 Å². The van der Waals surface area contributed by atoms with Gasteiger partial charge in [0.2, 0.25) is 0 Å². The molecule has 0 aliphatic heterocycles. The van der Waals surface area contributed by atoms with E-state index in [-0.39, 0.29) is 18.7 Å². The molecule has 2 rings (SSSR count). The van der Waals surface area contributed by atoms with Crippen LogP contribution in [0.5, 0.6) is 5.75 Å². The quantitative estimate of drug-likeness (QED) is 0.852. The molecule has 1 heterocycles. The van der Waals surface area contributed by atoms with Crippen molar-refractivity contribution in [3.8, 4) is 5.75 Å². The molecule has 0 radical (unpaired) electrons. The second kappa shape index (κ2) is 7.08. The van der Waals surface area contributed by atoms with Crippen LogP contribution in [-0.4, -0.2) is 17.9 Å². The van der Waals surface area contributed by atoms with Gasteiger partial charge in [-0.2, -0.15) is 4.74 Å². The van der Waals surface area contributed by atoms with Crippen molar-refractivity contribution in [2.75, 3.05) is 13.2 Å². The third-order valence-corrected chi connectivity index (χ3v) is 3.17. The summed E-state index contributed by atoms with van der Waals surface area (Å²) in [7, 11) is 0. The third-order valence-electron chi connectivity index (χ3n) is 3.17. The topological polar surface area (TPSA) is 70.4 Å². The molecule has 2 N–H and O–H groups in total. The van der Waals surface area contributed by atoms with E-state index >= 15 is 0 Å². The van der Waals surface area contributed by atoms with Crippen LogP contribution in [0.4, 0.5) is 4.39 Å². The van der Waals surface area contributed by atoms with Gasteiger partial charge in [-0.05, 0) is 18.6 Å². The number of hydrogen-bond acceptors (Lipinski definition) is 4. The highest BCUT2D eigenvalue weighted by Gasteiger charge is 2.10. The highest BCUT2D eigenvalue weighted by molar-refractivity contribution is 5.77. The zero-order valence-electron chi connectivity index (χ0n) is 12.0. The minimum atomic E-state index is -0.142. The summed E-state index contributed by atoms with van der Waals surface area (Å²) in [5.74, 6) is 0.506. The van der Waals surface area contributed by atoms with Crippen molar-refractivity contribution < 1.29 is 13.7 Å². The number of fused-ring (bicyclic) bond motifs is 1. The number of aryl methyl sites for hydroxylation is 1. The van der Waals surface area contributed by atoms with Crippen molar-refractivity contribution >= 4 is 11.0 Å². The van der Waals surface area contributed by atoms with E-state index < -0.39 is 0 Å². The molecule has 21 heavy (non-hydrogen) atoms. The lowest BCUT2D eigenvalue weighted by molar-refractivity contribution is 0.276. The highest BCUT2D eigenvalue weighted by Crippen LogP contribution is 2.19. The average Bonchev–Trinajstić information content (AvgIpc) is 2.82. The Morgan fingerprint density at radius 3 is 3.00 bits per heavy atom. The van der Waals surface area contributed by atoms with E-state index in [2.05, 4.69) is 0 Å². The largest absolute Gasteiger partial charge is 0.489 e. The van der Waals surface area contributed by atoms with Crippen LogP contribution >= 0.6 is 0 Å². The second-order valence-electron chi connectivity index (χ2n) is 4.77. The molecular formula is C15H19FN2O3. The summed E-state index contributed by atoms with van der Waals surface area (Å²) in [6.07, 6.45) is 2.30. The lowest BCUT2D eigenvalue weighted by Crippen LogP contribution is -2.13. The molecule has 0 atom stereocenters. The molecule has 114 valence electrons. The molecule has 0 fully saturated rings. The van der Waals surface area contributed by atoms with Gasteiger partial charge in [0.25, 0.3) is 5.56 Å². The molecule has 0 aliphatic carbocycles. The number of aromatic nitrogens is 1. The van der Waals surface area contributed by atoms with Crippen LogP contribution in [0.25, 0.3) is 11.0 Å². The van der Waals surface area contributed by atoms with Crippen molar-refractivity contribution in [2.24, 2.45) is 5.73 Å².